The van der Waals surface area contributed by atoms with Crippen molar-refractivity contribution in [3.8, 4) is 0 Å². The summed E-state index contributed by atoms with van der Waals surface area (Å²) in [6.45, 7) is 1.22. The second kappa shape index (κ2) is 7.78. The minimum Gasteiger partial charge on any atom is -0.314 e. The highest BCUT2D eigenvalue weighted by Gasteiger charge is 2.27. The third kappa shape index (κ3) is 4.82. The van der Waals surface area contributed by atoms with Crippen LogP contribution in [0.25, 0.3) is 0 Å². The standard InChI is InChI=1S/C19H28BrN/c20-19-10-6-5-9-16(19)13-17(14-21-18-11-12-18)15-7-3-1-2-4-8-15/h5-6,9-10,15,17-18,21H,1-4,7-8,11-14H2. The van der Waals surface area contributed by atoms with Crippen LogP contribution in [0.15, 0.2) is 28.7 Å². The van der Waals surface area contributed by atoms with Crippen molar-refractivity contribution in [2.24, 2.45) is 11.8 Å². The summed E-state index contributed by atoms with van der Waals surface area (Å²) in [5.74, 6) is 1.73. The van der Waals surface area contributed by atoms with Gasteiger partial charge in [0.05, 0.1) is 0 Å². The lowest BCUT2D eigenvalue weighted by atomic mass is 9.82. The summed E-state index contributed by atoms with van der Waals surface area (Å²) in [7, 11) is 0. The van der Waals surface area contributed by atoms with E-state index in [-0.39, 0.29) is 0 Å². The van der Waals surface area contributed by atoms with Crippen LogP contribution < -0.4 is 5.32 Å². The maximum absolute atomic E-state index is 3.80. The Kier molecular flexibility index (Phi) is 5.76. The van der Waals surface area contributed by atoms with Crippen LogP contribution in [0.1, 0.15) is 56.9 Å². The molecule has 1 atom stereocenters. The molecule has 1 aromatic rings. The largest absolute Gasteiger partial charge is 0.314 e. The molecule has 2 aliphatic rings. The average molecular weight is 350 g/mol. The molecule has 21 heavy (non-hydrogen) atoms. The van der Waals surface area contributed by atoms with Gasteiger partial charge in [0.1, 0.15) is 0 Å². The smallest absolute Gasteiger partial charge is 0.0207 e. The van der Waals surface area contributed by atoms with Gasteiger partial charge in [-0.1, -0.05) is 72.7 Å². The van der Waals surface area contributed by atoms with Crippen molar-refractivity contribution in [3.05, 3.63) is 34.3 Å². The molecule has 0 spiro atoms. The summed E-state index contributed by atoms with van der Waals surface area (Å²) >= 11 is 3.74. The van der Waals surface area contributed by atoms with E-state index < -0.39 is 0 Å². The van der Waals surface area contributed by atoms with Gasteiger partial charge in [0.2, 0.25) is 0 Å². The van der Waals surface area contributed by atoms with Crippen molar-refractivity contribution < 1.29 is 0 Å². The molecule has 0 bridgehead atoms. The van der Waals surface area contributed by atoms with Gasteiger partial charge in [-0.25, -0.2) is 0 Å². The monoisotopic (exact) mass is 349 g/mol. The first kappa shape index (κ1) is 15.6. The first-order valence-corrected chi connectivity index (χ1v) is 9.59. The van der Waals surface area contributed by atoms with Crippen molar-refractivity contribution in [1.29, 1.82) is 0 Å². The van der Waals surface area contributed by atoms with Crippen LogP contribution in [-0.2, 0) is 6.42 Å². The summed E-state index contributed by atoms with van der Waals surface area (Å²) in [5.41, 5.74) is 1.49. The number of hydrogen-bond acceptors (Lipinski definition) is 1. The Morgan fingerprint density at radius 3 is 2.38 bits per heavy atom. The van der Waals surface area contributed by atoms with Crippen molar-refractivity contribution in [3.63, 3.8) is 0 Å². The predicted molar refractivity (Wildman–Crippen MR) is 93.6 cm³/mol. The van der Waals surface area contributed by atoms with Gasteiger partial charge in [-0.3, -0.25) is 0 Å². The molecule has 1 unspecified atom stereocenters. The third-order valence-corrected chi connectivity index (χ3v) is 6.03. The predicted octanol–water partition coefficient (Wildman–Crippen LogP) is 5.33. The molecule has 0 heterocycles. The van der Waals surface area contributed by atoms with Crippen LogP contribution in [0.4, 0.5) is 0 Å². The van der Waals surface area contributed by atoms with E-state index >= 15 is 0 Å². The van der Waals surface area contributed by atoms with Crippen LogP contribution >= 0.6 is 15.9 Å². The summed E-state index contributed by atoms with van der Waals surface area (Å²) in [6, 6.07) is 9.62. The van der Waals surface area contributed by atoms with E-state index in [4.69, 9.17) is 0 Å². The van der Waals surface area contributed by atoms with Crippen LogP contribution in [-0.4, -0.2) is 12.6 Å². The van der Waals surface area contributed by atoms with Gasteiger partial charge in [0, 0.05) is 10.5 Å². The van der Waals surface area contributed by atoms with E-state index in [1.807, 2.05) is 0 Å². The second-order valence-electron chi connectivity index (χ2n) is 6.99. The maximum atomic E-state index is 3.80. The molecule has 0 aromatic heterocycles. The Labute approximate surface area is 138 Å². The second-order valence-corrected chi connectivity index (χ2v) is 7.84. The lowest BCUT2D eigenvalue weighted by Gasteiger charge is -2.27. The molecule has 0 amide bonds. The highest BCUT2D eigenvalue weighted by atomic mass is 79.9. The van der Waals surface area contributed by atoms with Gasteiger partial charge in [0.15, 0.2) is 0 Å². The minimum absolute atomic E-state index is 0.808. The Morgan fingerprint density at radius 2 is 1.71 bits per heavy atom. The zero-order valence-electron chi connectivity index (χ0n) is 13.0. The van der Waals surface area contributed by atoms with Gasteiger partial charge in [-0.15, -0.1) is 0 Å². The molecular weight excluding hydrogens is 322 g/mol. The van der Waals surface area contributed by atoms with Crippen LogP contribution in [0.2, 0.25) is 0 Å². The maximum Gasteiger partial charge on any atom is 0.0207 e. The Morgan fingerprint density at radius 1 is 1.00 bits per heavy atom. The topological polar surface area (TPSA) is 12.0 Å². The first-order chi connectivity index (χ1) is 10.3. The van der Waals surface area contributed by atoms with E-state index in [1.165, 1.54) is 74.4 Å². The number of halogens is 1. The molecule has 2 saturated carbocycles. The molecule has 2 heteroatoms. The van der Waals surface area contributed by atoms with E-state index in [2.05, 4.69) is 45.5 Å². The summed E-state index contributed by atoms with van der Waals surface area (Å²) in [6.07, 6.45) is 12.7. The Balaban J connectivity index is 1.66. The van der Waals surface area contributed by atoms with Crippen LogP contribution in [0.3, 0.4) is 0 Å². The van der Waals surface area contributed by atoms with E-state index in [0.29, 0.717) is 0 Å². The molecular formula is C19H28BrN. The van der Waals surface area contributed by atoms with Gasteiger partial charge < -0.3 is 5.32 Å². The average Bonchev–Trinajstić information content (AvgIpc) is 3.32. The van der Waals surface area contributed by atoms with Crippen molar-refractivity contribution in [2.45, 2.75) is 63.8 Å². The quantitative estimate of drug-likeness (QED) is 0.684. The highest BCUT2D eigenvalue weighted by molar-refractivity contribution is 9.10. The fourth-order valence-corrected chi connectivity index (χ4v) is 4.19. The van der Waals surface area contributed by atoms with Gasteiger partial charge >= 0.3 is 0 Å². The first-order valence-electron chi connectivity index (χ1n) is 8.79. The Bertz CT molecular complexity index is 433. The van der Waals surface area contributed by atoms with Gasteiger partial charge in [-0.05, 0) is 49.3 Å². The van der Waals surface area contributed by atoms with E-state index in [0.717, 1.165) is 17.9 Å². The van der Waals surface area contributed by atoms with Gasteiger partial charge in [-0.2, -0.15) is 0 Å². The molecule has 2 aliphatic carbocycles. The van der Waals surface area contributed by atoms with Crippen molar-refractivity contribution in [1.82, 2.24) is 5.32 Å². The molecule has 1 aromatic carbocycles. The molecule has 116 valence electrons. The molecule has 2 fully saturated rings. The van der Waals surface area contributed by atoms with Crippen LogP contribution in [0, 0.1) is 11.8 Å². The summed E-state index contributed by atoms with van der Waals surface area (Å²) in [5, 5.41) is 3.80. The summed E-state index contributed by atoms with van der Waals surface area (Å²) < 4.78 is 1.29. The molecule has 0 aliphatic heterocycles. The molecule has 3 rings (SSSR count). The fourth-order valence-electron chi connectivity index (χ4n) is 3.74. The number of rotatable bonds is 6. The molecule has 0 radical (unpaired) electrons. The fraction of sp³-hybridized carbons (Fsp3) is 0.684. The van der Waals surface area contributed by atoms with E-state index in [9.17, 15) is 0 Å². The highest BCUT2D eigenvalue weighted by Crippen LogP contribution is 2.33. The van der Waals surface area contributed by atoms with Gasteiger partial charge in [0.25, 0.3) is 0 Å². The van der Waals surface area contributed by atoms with Crippen LogP contribution in [0.5, 0.6) is 0 Å². The summed E-state index contributed by atoms with van der Waals surface area (Å²) in [4.78, 5) is 0. The number of hydrogen-bond donors (Lipinski definition) is 1. The zero-order valence-corrected chi connectivity index (χ0v) is 14.6. The zero-order chi connectivity index (χ0) is 14.5. The molecule has 1 nitrogen and oxygen atoms in total. The molecule has 1 N–H and O–H groups in total. The lowest BCUT2D eigenvalue weighted by molar-refractivity contribution is 0.283. The SMILES string of the molecule is Brc1ccccc1CC(CNC1CC1)C1CCCCCC1. The number of nitrogens with one attached hydrogen (secondary N) is 1. The van der Waals surface area contributed by atoms with Crippen molar-refractivity contribution in [2.75, 3.05) is 6.54 Å². The van der Waals surface area contributed by atoms with Crippen molar-refractivity contribution >= 4 is 15.9 Å². The Hall–Kier alpha value is -0.340. The number of benzene rings is 1. The lowest BCUT2D eigenvalue weighted by Crippen LogP contribution is -2.31. The molecule has 0 saturated heterocycles. The third-order valence-electron chi connectivity index (χ3n) is 5.25. The normalized spacial score (nSPS) is 22.0. The minimum atomic E-state index is 0.808. The van der Waals surface area contributed by atoms with E-state index in [1.54, 1.807) is 0 Å².